The zero-order chi connectivity index (χ0) is 14.8. The van der Waals surface area contributed by atoms with Crippen molar-refractivity contribution in [3.05, 3.63) is 33.9 Å². The lowest BCUT2D eigenvalue weighted by atomic mass is 9.81. The summed E-state index contributed by atoms with van der Waals surface area (Å²) in [7, 11) is 0. The fourth-order valence-corrected chi connectivity index (χ4v) is 3.43. The van der Waals surface area contributed by atoms with E-state index >= 15 is 0 Å². The molecule has 1 aliphatic carbocycles. The first-order valence-electron chi connectivity index (χ1n) is 7.25. The zero-order valence-electron chi connectivity index (χ0n) is 11.6. The van der Waals surface area contributed by atoms with Gasteiger partial charge in [0.05, 0.1) is 22.7 Å². The van der Waals surface area contributed by atoms with Gasteiger partial charge in [-0.3, -0.25) is 10.1 Å². The standard InChI is InChI=1S/C15H17N3O3/c16-9-10-4-5-13(14(8-10)18(19)20)17-12-2-1-3-15-11(12)6-7-21-15/h4-5,8,11-12,15,17H,1-3,6-7H2. The van der Waals surface area contributed by atoms with E-state index in [0.29, 0.717) is 17.2 Å². The van der Waals surface area contributed by atoms with E-state index in [-0.39, 0.29) is 17.8 Å². The number of hydrogen-bond acceptors (Lipinski definition) is 5. The van der Waals surface area contributed by atoms with Gasteiger partial charge in [0.15, 0.2) is 0 Å². The van der Waals surface area contributed by atoms with E-state index in [0.717, 1.165) is 32.3 Å². The summed E-state index contributed by atoms with van der Waals surface area (Å²) >= 11 is 0. The predicted octanol–water partition coefficient (Wildman–Crippen LogP) is 2.84. The molecule has 3 rings (SSSR count). The van der Waals surface area contributed by atoms with Crippen molar-refractivity contribution in [2.75, 3.05) is 11.9 Å². The van der Waals surface area contributed by atoms with E-state index in [4.69, 9.17) is 10.00 Å². The number of fused-ring (bicyclic) bond motifs is 1. The van der Waals surface area contributed by atoms with Gasteiger partial charge in [0, 0.05) is 24.6 Å². The molecule has 0 aromatic heterocycles. The number of hydrogen-bond donors (Lipinski definition) is 1. The van der Waals surface area contributed by atoms with Crippen molar-refractivity contribution < 1.29 is 9.66 Å². The van der Waals surface area contributed by atoms with E-state index in [9.17, 15) is 10.1 Å². The van der Waals surface area contributed by atoms with Gasteiger partial charge in [0.2, 0.25) is 0 Å². The van der Waals surface area contributed by atoms with E-state index < -0.39 is 4.92 Å². The molecule has 0 bridgehead atoms. The summed E-state index contributed by atoms with van der Waals surface area (Å²) < 4.78 is 5.72. The number of anilines is 1. The second kappa shape index (κ2) is 5.70. The molecule has 21 heavy (non-hydrogen) atoms. The monoisotopic (exact) mass is 287 g/mol. The lowest BCUT2D eigenvalue weighted by Gasteiger charge is -2.33. The van der Waals surface area contributed by atoms with Gasteiger partial charge in [-0.2, -0.15) is 5.26 Å². The average molecular weight is 287 g/mol. The minimum atomic E-state index is -0.436. The van der Waals surface area contributed by atoms with Crippen LogP contribution in [0.4, 0.5) is 11.4 Å². The van der Waals surface area contributed by atoms with Crippen molar-refractivity contribution in [1.29, 1.82) is 5.26 Å². The first-order valence-corrected chi connectivity index (χ1v) is 7.25. The number of nitrogens with zero attached hydrogens (tertiary/aromatic N) is 2. The number of ether oxygens (including phenoxy) is 1. The minimum Gasteiger partial charge on any atom is -0.378 e. The van der Waals surface area contributed by atoms with Crippen LogP contribution in [0.15, 0.2) is 18.2 Å². The SMILES string of the molecule is N#Cc1ccc(NC2CCCC3OCCC23)c([N+](=O)[O-])c1. The van der Waals surface area contributed by atoms with E-state index in [2.05, 4.69) is 5.32 Å². The number of nitro benzene ring substituents is 1. The third kappa shape index (κ3) is 2.69. The quantitative estimate of drug-likeness (QED) is 0.682. The fraction of sp³-hybridized carbons (Fsp3) is 0.533. The maximum atomic E-state index is 11.2. The Morgan fingerprint density at radius 1 is 1.38 bits per heavy atom. The van der Waals surface area contributed by atoms with E-state index in [1.165, 1.54) is 6.07 Å². The highest BCUT2D eigenvalue weighted by Crippen LogP contribution is 2.37. The number of benzene rings is 1. The largest absolute Gasteiger partial charge is 0.378 e. The van der Waals surface area contributed by atoms with E-state index in [1.807, 2.05) is 6.07 Å². The molecule has 6 heteroatoms. The van der Waals surface area contributed by atoms with E-state index in [1.54, 1.807) is 12.1 Å². The molecule has 1 aromatic rings. The van der Waals surface area contributed by atoms with Gasteiger partial charge in [-0.05, 0) is 37.8 Å². The normalized spacial score (nSPS) is 27.7. The maximum Gasteiger partial charge on any atom is 0.293 e. The summed E-state index contributed by atoms with van der Waals surface area (Å²) in [6.45, 7) is 0.781. The topological polar surface area (TPSA) is 88.2 Å². The zero-order valence-corrected chi connectivity index (χ0v) is 11.6. The number of nitriles is 1. The molecule has 3 unspecified atom stereocenters. The fourth-order valence-electron chi connectivity index (χ4n) is 3.43. The third-order valence-corrected chi connectivity index (χ3v) is 4.45. The van der Waals surface area contributed by atoms with Crippen molar-refractivity contribution in [2.45, 2.75) is 37.8 Å². The van der Waals surface area contributed by atoms with Crippen LogP contribution in [0.5, 0.6) is 0 Å². The van der Waals surface area contributed by atoms with Crippen LogP contribution in [-0.4, -0.2) is 23.7 Å². The van der Waals surface area contributed by atoms with Crippen molar-refractivity contribution in [2.24, 2.45) is 5.92 Å². The molecule has 0 amide bonds. The van der Waals surface area contributed by atoms with Gasteiger partial charge < -0.3 is 10.1 Å². The molecule has 3 atom stereocenters. The van der Waals surface area contributed by atoms with Crippen molar-refractivity contribution in [3.63, 3.8) is 0 Å². The van der Waals surface area contributed by atoms with Gasteiger partial charge in [-0.1, -0.05) is 0 Å². The molecule has 110 valence electrons. The maximum absolute atomic E-state index is 11.2. The highest BCUT2D eigenvalue weighted by molar-refractivity contribution is 5.64. The van der Waals surface area contributed by atoms with Crippen LogP contribution >= 0.6 is 0 Å². The molecule has 1 heterocycles. The summed E-state index contributed by atoms with van der Waals surface area (Å²) in [6.07, 6.45) is 4.45. The summed E-state index contributed by atoms with van der Waals surface area (Å²) in [5, 5.41) is 23.4. The van der Waals surface area contributed by atoms with Crippen molar-refractivity contribution >= 4 is 11.4 Å². The Morgan fingerprint density at radius 2 is 2.24 bits per heavy atom. The van der Waals surface area contributed by atoms with Crippen LogP contribution in [-0.2, 0) is 4.74 Å². The lowest BCUT2D eigenvalue weighted by molar-refractivity contribution is -0.384. The van der Waals surface area contributed by atoms with Gasteiger partial charge in [0.25, 0.3) is 5.69 Å². The smallest absolute Gasteiger partial charge is 0.293 e. The number of rotatable bonds is 3. The summed E-state index contributed by atoms with van der Waals surface area (Å²) in [4.78, 5) is 10.8. The van der Waals surface area contributed by atoms with Crippen LogP contribution in [0.1, 0.15) is 31.2 Å². The lowest BCUT2D eigenvalue weighted by Crippen LogP contribution is -2.38. The molecule has 1 aromatic carbocycles. The molecule has 0 radical (unpaired) electrons. The molecular formula is C15H17N3O3. The molecule has 1 aliphatic heterocycles. The Labute approximate surface area is 122 Å². The minimum absolute atomic E-state index is 0.0323. The van der Waals surface area contributed by atoms with Crippen LogP contribution in [0, 0.1) is 27.4 Å². The Hall–Kier alpha value is -2.13. The Balaban J connectivity index is 1.84. The third-order valence-electron chi connectivity index (χ3n) is 4.45. The second-order valence-electron chi connectivity index (χ2n) is 5.64. The number of nitro groups is 1. The molecule has 0 spiro atoms. The summed E-state index contributed by atoms with van der Waals surface area (Å²) in [6, 6.07) is 6.72. The van der Waals surface area contributed by atoms with Crippen molar-refractivity contribution in [1.82, 2.24) is 0 Å². The molecule has 6 nitrogen and oxygen atoms in total. The second-order valence-corrected chi connectivity index (χ2v) is 5.64. The molecule has 1 N–H and O–H groups in total. The van der Waals surface area contributed by atoms with Crippen LogP contribution in [0.25, 0.3) is 0 Å². The molecule has 2 aliphatic rings. The van der Waals surface area contributed by atoms with Crippen LogP contribution in [0.2, 0.25) is 0 Å². The number of nitrogens with one attached hydrogen (secondary N) is 1. The highest BCUT2D eigenvalue weighted by atomic mass is 16.6. The summed E-state index contributed by atoms with van der Waals surface area (Å²) in [5.74, 6) is 0.425. The Bertz CT molecular complexity index is 596. The van der Waals surface area contributed by atoms with Crippen molar-refractivity contribution in [3.8, 4) is 6.07 Å². The Morgan fingerprint density at radius 3 is 3.00 bits per heavy atom. The average Bonchev–Trinajstić information content (AvgIpc) is 2.97. The van der Waals surface area contributed by atoms with Gasteiger partial charge in [-0.25, -0.2) is 0 Å². The van der Waals surface area contributed by atoms with Gasteiger partial charge in [-0.15, -0.1) is 0 Å². The Kier molecular flexibility index (Phi) is 3.76. The molecule has 1 saturated heterocycles. The summed E-state index contributed by atoms with van der Waals surface area (Å²) in [5.41, 5.74) is 0.768. The van der Waals surface area contributed by atoms with Gasteiger partial charge >= 0.3 is 0 Å². The molecule has 2 fully saturated rings. The molecular weight excluding hydrogens is 270 g/mol. The first-order chi connectivity index (χ1) is 10.2. The molecule has 1 saturated carbocycles. The van der Waals surface area contributed by atoms with Crippen LogP contribution < -0.4 is 5.32 Å². The highest BCUT2D eigenvalue weighted by Gasteiger charge is 2.38. The van der Waals surface area contributed by atoms with Gasteiger partial charge in [0.1, 0.15) is 5.69 Å². The predicted molar refractivity (Wildman–Crippen MR) is 76.9 cm³/mol. The van der Waals surface area contributed by atoms with Crippen LogP contribution in [0.3, 0.4) is 0 Å². The first kappa shape index (κ1) is 13.8.